The smallest absolute Gasteiger partial charge is 0.308 e. The lowest BCUT2D eigenvalue weighted by Crippen LogP contribution is -2.37. The normalized spacial score (nSPS) is 25.3. The van der Waals surface area contributed by atoms with Gasteiger partial charge >= 0.3 is 5.97 Å². The minimum absolute atomic E-state index is 0.0142. The number of carbonyl (C=O) groups excluding carboxylic acids is 1. The number of nitrogens with zero attached hydrogens (tertiary/aromatic N) is 1. The Balaban J connectivity index is 2.34. The van der Waals surface area contributed by atoms with Gasteiger partial charge in [0.2, 0.25) is 0 Å². The molecule has 0 unspecified atom stereocenters. The largest absolute Gasteiger partial charge is 0.469 e. The second-order valence-corrected chi connectivity index (χ2v) is 5.42. The van der Waals surface area contributed by atoms with Crippen molar-refractivity contribution in [1.29, 1.82) is 0 Å². The van der Waals surface area contributed by atoms with Gasteiger partial charge in [-0.25, -0.2) is 0 Å². The van der Waals surface area contributed by atoms with E-state index in [9.17, 15) is 4.79 Å². The van der Waals surface area contributed by atoms with Crippen molar-refractivity contribution in [3.63, 3.8) is 0 Å². The first kappa shape index (κ1) is 14.5. The van der Waals surface area contributed by atoms with Gasteiger partial charge in [-0.2, -0.15) is 0 Å². The van der Waals surface area contributed by atoms with Crippen LogP contribution in [0.15, 0.2) is 0 Å². The lowest BCUT2D eigenvalue weighted by molar-refractivity contribution is -0.146. The summed E-state index contributed by atoms with van der Waals surface area (Å²) in [6.45, 7) is 9.03. The molecule has 1 saturated carbocycles. The second kappa shape index (κ2) is 7.00. The Morgan fingerprint density at radius 3 is 2.29 bits per heavy atom. The molecule has 0 spiro atoms. The van der Waals surface area contributed by atoms with Crippen LogP contribution < -0.4 is 0 Å². The van der Waals surface area contributed by atoms with Crippen LogP contribution in [-0.4, -0.2) is 37.1 Å². The first-order valence-electron chi connectivity index (χ1n) is 6.90. The van der Waals surface area contributed by atoms with Gasteiger partial charge in [0.1, 0.15) is 0 Å². The predicted octanol–water partition coefficient (Wildman–Crippen LogP) is 2.70. The summed E-state index contributed by atoms with van der Waals surface area (Å²) < 4.78 is 4.82. The van der Waals surface area contributed by atoms with Gasteiger partial charge < -0.3 is 9.64 Å². The number of esters is 1. The summed E-state index contributed by atoms with van der Waals surface area (Å²) in [6.07, 6.45) is 4.35. The highest BCUT2D eigenvalue weighted by molar-refractivity contribution is 5.72. The van der Waals surface area contributed by atoms with E-state index in [4.69, 9.17) is 4.74 Å². The topological polar surface area (TPSA) is 29.5 Å². The molecule has 0 bridgehead atoms. The fourth-order valence-electron chi connectivity index (χ4n) is 2.78. The van der Waals surface area contributed by atoms with E-state index >= 15 is 0 Å². The maximum absolute atomic E-state index is 11.4. The lowest BCUT2D eigenvalue weighted by Gasteiger charge is -2.33. The van der Waals surface area contributed by atoms with Crippen LogP contribution in [0.1, 0.15) is 46.5 Å². The Hall–Kier alpha value is -0.570. The molecule has 0 aromatic carbocycles. The first-order valence-corrected chi connectivity index (χ1v) is 6.90. The molecule has 1 aliphatic rings. The highest BCUT2D eigenvalue weighted by Gasteiger charge is 2.27. The Labute approximate surface area is 106 Å². The average molecular weight is 241 g/mol. The van der Waals surface area contributed by atoms with Crippen LogP contribution in [0.3, 0.4) is 0 Å². The van der Waals surface area contributed by atoms with Crippen molar-refractivity contribution in [1.82, 2.24) is 4.90 Å². The first-order chi connectivity index (χ1) is 8.08. The fourth-order valence-corrected chi connectivity index (χ4v) is 2.78. The second-order valence-electron chi connectivity index (χ2n) is 5.42. The minimum Gasteiger partial charge on any atom is -0.469 e. The van der Waals surface area contributed by atoms with Crippen LogP contribution in [-0.2, 0) is 9.53 Å². The molecule has 3 nitrogen and oxygen atoms in total. The molecule has 0 heterocycles. The van der Waals surface area contributed by atoms with Crippen LogP contribution in [0.2, 0.25) is 0 Å². The average Bonchev–Trinajstić information content (AvgIpc) is 2.35. The molecular weight excluding hydrogens is 214 g/mol. The van der Waals surface area contributed by atoms with Crippen molar-refractivity contribution >= 4 is 5.97 Å². The quantitative estimate of drug-likeness (QED) is 0.693. The van der Waals surface area contributed by atoms with Crippen molar-refractivity contribution < 1.29 is 9.53 Å². The number of rotatable bonds is 5. The summed E-state index contributed by atoms with van der Waals surface area (Å²) in [5.41, 5.74) is 0. The van der Waals surface area contributed by atoms with Crippen LogP contribution in [0.25, 0.3) is 0 Å². The molecule has 1 fully saturated rings. The number of hydrogen-bond acceptors (Lipinski definition) is 3. The van der Waals surface area contributed by atoms with Crippen molar-refractivity contribution in [3.05, 3.63) is 0 Å². The maximum atomic E-state index is 11.4. The third-order valence-electron chi connectivity index (χ3n) is 4.01. The lowest BCUT2D eigenvalue weighted by atomic mass is 9.81. The highest BCUT2D eigenvalue weighted by Crippen LogP contribution is 2.30. The summed E-state index contributed by atoms with van der Waals surface area (Å²) in [4.78, 5) is 13.9. The summed E-state index contributed by atoms with van der Waals surface area (Å²) in [6, 6.07) is 0.623. The molecule has 0 saturated heterocycles. The molecule has 0 amide bonds. The van der Waals surface area contributed by atoms with Crippen LogP contribution >= 0.6 is 0 Å². The molecule has 17 heavy (non-hydrogen) atoms. The van der Waals surface area contributed by atoms with Crippen molar-refractivity contribution in [3.8, 4) is 0 Å². The molecule has 0 radical (unpaired) electrons. The van der Waals surface area contributed by atoms with Crippen molar-refractivity contribution in [2.45, 2.75) is 52.5 Å². The van der Waals surface area contributed by atoms with E-state index in [0.717, 1.165) is 25.3 Å². The van der Waals surface area contributed by atoms with Gasteiger partial charge in [0.25, 0.3) is 0 Å². The van der Waals surface area contributed by atoms with Gasteiger partial charge in [-0.15, -0.1) is 0 Å². The molecule has 0 aliphatic heterocycles. The molecule has 0 N–H and O–H groups in total. The third kappa shape index (κ3) is 4.30. The van der Waals surface area contributed by atoms with Crippen molar-refractivity contribution in [2.24, 2.45) is 11.8 Å². The van der Waals surface area contributed by atoms with E-state index in [-0.39, 0.29) is 11.9 Å². The molecule has 0 aromatic heterocycles. The zero-order valence-corrected chi connectivity index (χ0v) is 11.7. The summed E-state index contributed by atoms with van der Waals surface area (Å²) >= 11 is 0. The van der Waals surface area contributed by atoms with Gasteiger partial charge in [-0.05, 0) is 52.0 Å². The summed E-state index contributed by atoms with van der Waals surface area (Å²) in [5.74, 6) is 0.906. The van der Waals surface area contributed by atoms with E-state index in [1.165, 1.54) is 26.5 Å². The van der Waals surface area contributed by atoms with E-state index < -0.39 is 0 Å². The molecule has 1 rings (SSSR count). The van der Waals surface area contributed by atoms with Crippen molar-refractivity contribution in [2.75, 3.05) is 20.2 Å². The summed E-state index contributed by atoms with van der Waals surface area (Å²) in [7, 11) is 1.49. The van der Waals surface area contributed by atoms with Crippen LogP contribution in [0, 0.1) is 11.8 Å². The molecule has 3 heteroatoms. The monoisotopic (exact) mass is 241 g/mol. The molecule has 100 valence electrons. The van der Waals surface area contributed by atoms with Crippen LogP contribution in [0.4, 0.5) is 0 Å². The Morgan fingerprint density at radius 1 is 1.29 bits per heavy atom. The standard InChI is InChI=1S/C14H27NO2/c1-5-15(11(2)3)10-12-6-8-13(9-7-12)14(16)17-4/h11-13H,5-10H2,1-4H3. The van der Waals surface area contributed by atoms with Gasteiger partial charge in [0.05, 0.1) is 13.0 Å². The highest BCUT2D eigenvalue weighted by atomic mass is 16.5. The van der Waals surface area contributed by atoms with E-state index in [1.54, 1.807) is 0 Å². The number of ether oxygens (including phenoxy) is 1. The minimum atomic E-state index is -0.0142. The van der Waals surface area contributed by atoms with Gasteiger partial charge in [0.15, 0.2) is 0 Å². The SMILES string of the molecule is CCN(CC1CCC(C(=O)OC)CC1)C(C)C. The molecule has 1 aliphatic carbocycles. The summed E-state index contributed by atoms with van der Waals surface area (Å²) in [5, 5.41) is 0. The molecule has 0 aromatic rings. The van der Waals surface area contributed by atoms with Gasteiger partial charge in [-0.3, -0.25) is 4.79 Å². The molecular formula is C14H27NO2. The zero-order chi connectivity index (χ0) is 12.8. The fraction of sp³-hybridized carbons (Fsp3) is 0.929. The number of carbonyl (C=O) groups is 1. The van der Waals surface area contributed by atoms with Gasteiger partial charge in [-0.1, -0.05) is 6.92 Å². The van der Waals surface area contributed by atoms with E-state index in [1.807, 2.05) is 0 Å². The van der Waals surface area contributed by atoms with Gasteiger partial charge in [0, 0.05) is 12.6 Å². The van der Waals surface area contributed by atoms with E-state index in [0.29, 0.717) is 6.04 Å². The molecule has 0 atom stereocenters. The number of hydrogen-bond donors (Lipinski definition) is 0. The Morgan fingerprint density at radius 2 is 1.88 bits per heavy atom. The Kier molecular flexibility index (Phi) is 5.96. The number of methoxy groups -OCH3 is 1. The predicted molar refractivity (Wildman–Crippen MR) is 69.8 cm³/mol. The van der Waals surface area contributed by atoms with E-state index in [2.05, 4.69) is 25.7 Å². The van der Waals surface area contributed by atoms with Crippen LogP contribution in [0.5, 0.6) is 0 Å². The Bertz CT molecular complexity index is 232. The maximum Gasteiger partial charge on any atom is 0.308 e. The zero-order valence-electron chi connectivity index (χ0n) is 11.7. The third-order valence-corrected chi connectivity index (χ3v) is 4.01.